The van der Waals surface area contributed by atoms with Crippen molar-refractivity contribution in [2.75, 3.05) is 39.3 Å². The SMILES string of the molecule is O=CNCCC(CCCN1CCN(Cc2nc3ccccc3s2)CC1)Cc1ccccc1. The highest BCUT2D eigenvalue weighted by molar-refractivity contribution is 7.18. The van der Waals surface area contributed by atoms with Crippen molar-refractivity contribution in [2.24, 2.45) is 5.92 Å². The lowest BCUT2D eigenvalue weighted by Crippen LogP contribution is -2.46. The number of para-hydroxylation sites is 1. The van der Waals surface area contributed by atoms with E-state index >= 15 is 0 Å². The minimum absolute atomic E-state index is 0.616. The second-order valence-electron chi connectivity index (χ2n) is 8.75. The van der Waals surface area contributed by atoms with Gasteiger partial charge in [0.25, 0.3) is 0 Å². The summed E-state index contributed by atoms with van der Waals surface area (Å²) in [6.45, 7) is 7.42. The Balaban J connectivity index is 1.18. The minimum Gasteiger partial charge on any atom is -0.359 e. The molecule has 6 heteroatoms. The Bertz CT molecular complexity index is 920. The molecule has 2 aromatic carbocycles. The molecular weight excluding hydrogens is 416 g/mol. The van der Waals surface area contributed by atoms with Crippen LogP contribution in [0.4, 0.5) is 0 Å². The normalized spacial score (nSPS) is 16.2. The highest BCUT2D eigenvalue weighted by Crippen LogP contribution is 2.23. The summed E-state index contributed by atoms with van der Waals surface area (Å²) in [7, 11) is 0. The summed E-state index contributed by atoms with van der Waals surface area (Å²) in [6.07, 6.45) is 5.38. The Hall–Kier alpha value is -2.28. The molecule has 1 aromatic heterocycles. The fraction of sp³-hybridized carbons (Fsp3) is 0.462. The number of rotatable bonds is 12. The van der Waals surface area contributed by atoms with E-state index in [9.17, 15) is 4.79 Å². The number of fused-ring (bicyclic) bond motifs is 1. The molecule has 1 atom stereocenters. The van der Waals surface area contributed by atoms with Crippen molar-refractivity contribution in [3.8, 4) is 0 Å². The maximum atomic E-state index is 10.6. The summed E-state index contributed by atoms with van der Waals surface area (Å²) < 4.78 is 1.29. The summed E-state index contributed by atoms with van der Waals surface area (Å²) in [6, 6.07) is 19.1. The standard InChI is InChI=1S/C26H34N4OS/c31-21-27-13-12-23(19-22-7-2-1-3-8-22)9-6-14-29-15-17-30(18-16-29)20-26-28-24-10-4-5-11-25(24)32-26/h1-5,7-8,10-11,21,23H,6,9,12-20H2,(H,27,31). The van der Waals surface area contributed by atoms with E-state index in [2.05, 4.69) is 69.7 Å². The quantitative estimate of drug-likeness (QED) is 0.332. The van der Waals surface area contributed by atoms with Crippen molar-refractivity contribution >= 4 is 28.0 Å². The summed E-state index contributed by atoms with van der Waals surface area (Å²) in [4.78, 5) is 20.6. The molecule has 1 aliphatic heterocycles. The molecule has 5 nitrogen and oxygen atoms in total. The van der Waals surface area contributed by atoms with Crippen LogP contribution in [-0.2, 0) is 17.8 Å². The van der Waals surface area contributed by atoms with E-state index < -0.39 is 0 Å². The maximum Gasteiger partial charge on any atom is 0.207 e. The number of hydrogen-bond donors (Lipinski definition) is 1. The van der Waals surface area contributed by atoms with Crippen LogP contribution in [-0.4, -0.2) is 60.5 Å². The Morgan fingerprint density at radius 2 is 1.72 bits per heavy atom. The number of thiazole rings is 1. The molecule has 170 valence electrons. The Kier molecular flexibility index (Phi) is 8.65. The number of aromatic nitrogens is 1. The number of piperazine rings is 1. The summed E-state index contributed by atoms with van der Waals surface area (Å²) in [5, 5.41) is 4.07. The molecule has 2 heterocycles. The molecule has 32 heavy (non-hydrogen) atoms. The van der Waals surface area contributed by atoms with Gasteiger partial charge in [0, 0.05) is 32.7 Å². The molecule has 1 saturated heterocycles. The Morgan fingerprint density at radius 1 is 0.969 bits per heavy atom. The first-order chi connectivity index (χ1) is 15.8. The molecule has 0 radical (unpaired) electrons. The van der Waals surface area contributed by atoms with E-state index in [1.165, 1.54) is 34.7 Å². The Morgan fingerprint density at radius 3 is 2.50 bits per heavy atom. The third-order valence-electron chi connectivity index (χ3n) is 6.40. The number of nitrogens with zero attached hydrogens (tertiary/aromatic N) is 3. The Labute approximate surface area is 195 Å². The molecule has 4 rings (SSSR count). The predicted molar refractivity (Wildman–Crippen MR) is 133 cm³/mol. The van der Waals surface area contributed by atoms with Crippen LogP contribution in [0.25, 0.3) is 10.2 Å². The van der Waals surface area contributed by atoms with Gasteiger partial charge in [-0.1, -0.05) is 42.5 Å². The summed E-state index contributed by atoms with van der Waals surface area (Å²) in [5.74, 6) is 0.616. The lowest BCUT2D eigenvalue weighted by atomic mass is 9.91. The molecule has 3 aromatic rings. The minimum atomic E-state index is 0.616. The first kappa shape index (κ1) is 22.9. The molecule has 1 aliphatic rings. The highest BCUT2D eigenvalue weighted by atomic mass is 32.1. The second kappa shape index (κ2) is 12.1. The van der Waals surface area contributed by atoms with E-state index in [0.29, 0.717) is 5.92 Å². The lowest BCUT2D eigenvalue weighted by molar-refractivity contribution is -0.109. The number of carbonyl (C=O) groups excluding carboxylic acids is 1. The van der Waals surface area contributed by atoms with Crippen molar-refractivity contribution in [3.63, 3.8) is 0 Å². The van der Waals surface area contributed by atoms with E-state index in [1.807, 2.05) is 11.3 Å². The molecule has 1 fully saturated rings. The van der Waals surface area contributed by atoms with Gasteiger partial charge in [0.05, 0.1) is 16.8 Å². The van der Waals surface area contributed by atoms with Crippen molar-refractivity contribution in [1.82, 2.24) is 20.1 Å². The molecule has 0 aliphatic carbocycles. The fourth-order valence-electron chi connectivity index (χ4n) is 4.60. The third kappa shape index (κ3) is 6.86. The average molecular weight is 451 g/mol. The van der Waals surface area contributed by atoms with Gasteiger partial charge >= 0.3 is 0 Å². The van der Waals surface area contributed by atoms with Crippen molar-refractivity contribution < 1.29 is 4.79 Å². The van der Waals surface area contributed by atoms with Gasteiger partial charge < -0.3 is 10.2 Å². The number of hydrogen-bond acceptors (Lipinski definition) is 5. The molecule has 1 amide bonds. The van der Waals surface area contributed by atoms with Gasteiger partial charge in [-0.25, -0.2) is 4.98 Å². The number of benzene rings is 2. The van der Waals surface area contributed by atoms with Crippen LogP contribution in [0.2, 0.25) is 0 Å². The van der Waals surface area contributed by atoms with Crippen LogP contribution < -0.4 is 5.32 Å². The van der Waals surface area contributed by atoms with Gasteiger partial charge in [-0.2, -0.15) is 0 Å². The van der Waals surface area contributed by atoms with E-state index in [4.69, 9.17) is 4.98 Å². The summed E-state index contributed by atoms with van der Waals surface area (Å²) in [5.41, 5.74) is 2.52. The van der Waals surface area contributed by atoms with Gasteiger partial charge in [0.1, 0.15) is 5.01 Å². The zero-order valence-corrected chi connectivity index (χ0v) is 19.6. The highest BCUT2D eigenvalue weighted by Gasteiger charge is 2.19. The first-order valence-electron chi connectivity index (χ1n) is 11.8. The smallest absolute Gasteiger partial charge is 0.207 e. The van der Waals surface area contributed by atoms with Crippen LogP contribution in [0.5, 0.6) is 0 Å². The number of amides is 1. The van der Waals surface area contributed by atoms with Crippen LogP contribution in [0, 0.1) is 5.92 Å². The van der Waals surface area contributed by atoms with Crippen LogP contribution in [0.3, 0.4) is 0 Å². The van der Waals surface area contributed by atoms with E-state index in [-0.39, 0.29) is 0 Å². The topological polar surface area (TPSA) is 48.5 Å². The van der Waals surface area contributed by atoms with Crippen molar-refractivity contribution in [3.05, 3.63) is 65.2 Å². The molecule has 0 bridgehead atoms. The van der Waals surface area contributed by atoms with Crippen molar-refractivity contribution in [2.45, 2.75) is 32.2 Å². The van der Waals surface area contributed by atoms with Crippen LogP contribution in [0.1, 0.15) is 29.8 Å². The number of nitrogens with one attached hydrogen (secondary N) is 1. The largest absolute Gasteiger partial charge is 0.359 e. The zero-order valence-electron chi connectivity index (χ0n) is 18.8. The van der Waals surface area contributed by atoms with Gasteiger partial charge in [-0.05, 0) is 55.8 Å². The monoisotopic (exact) mass is 450 g/mol. The zero-order chi connectivity index (χ0) is 22.0. The van der Waals surface area contributed by atoms with E-state index in [1.54, 1.807) is 0 Å². The van der Waals surface area contributed by atoms with Gasteiger partial charge in [-0.3, -0.25) is 9.69 Å². The van der Waals surface area contributed by atoms with Crippen molar-refractivity contribution in [1.29, 1.82) is 0 Å². The van der Waals surface area contributed by atoms with Crippen LogP contribution >= 0.6 is 11.3 Å². The molecule has 1 N–H and O–H groups in total. The molecule has 1 unspecified atom stereocenters. The average Bonchev–Trinajstić information content (AvgIpc) is 3.23. The molecular formula is C26H34N4OS. The lowest BCUT2D eigenvalue weighted by Gasteiger charge is -2.34. The van der Waals surface area contributed by atoms with Gasteiger partial charge in [0.15, 0.2) is 0 Å². The second-order valence-corrected chi connectivity index (χ2v) is 9.87. The molecule has 0 spiro atoms. The maximum absolute atomic E-state index is 10.6. The fourth-order valence-corrected chi connectivity index (χ4v) is 5.61. The third-order valence-corrected chi connectivity index (χ3v) is 7.42. The number of carbonyl (C=O) groups is 1. The van der Waals surface area contributed by atoms with Crippen LogP contribution in [0.15, 0.2) is 54.6 Å². The summed E-state index contributed by atoms with van der Waals surface area (Å²) >= 11 is 1.82. The predicted octanol–water partition coefficient (Wildman–Crippen LogP) is 4.19. The molecule has 0 saturated carbocycles. The first-order valence-corrected chi connectivity index (χ1v) is 12.6. The van der Waals surface area contributed by atoms with Gasteiger partial charge in [0.2, 0.25) is 6.41 Å². The van der Waals surface area contributed by atoms with E-state index in [0.717, 1.165) is 64.0 Å². The van der Waals surface area contributed by atoms with Gasteiger partial charge in [-0.15, -0.1) is 11.3 Å².